The molecule has 3 aromatic heterocycles. The van der Waals surface area contributed by atoms with Gasteiger partial charge in [-0.25, -0.2) is 9.97 Å². The molecule has 0 saturated carbocycles. The largest absolute Gasteiger partial charge is 0.380 e. The monoisotopic (exact) mass is 514 g/mol. The predicted molar refractivity (Wildman–Crippen MR) is 152 cm³/mol. The van der Waals surface area contributed by atoms with Crippen LogP contribution in [0.15, 0.2) is 48.7 Å². The quantitative estimate of drug-likeness (QED) is 0.291. The summed E-state index contributed by atoms with van der Waals surface area (Å²) in [4.78, 5) is 19.4. The number of likely N-dealkylation sites (N-methyl/N-ethyl adjacent to an activating group) is 1. The van der Waals surface area contributed by atoms with Gasteiger partial charge in [0.25, 0.3) is 0 Å². The highest BCUT2D eigenvalue weighted by molar-refractivity contribution is 5.90. The molecule has 0 radical (unpaired) electrons. The van der Waals surface area contributed by atoms with Crippen molar-refractivity contribution in [1.29, 1.82) is 0 Å². The molecular formula is C29H38N8O. The van der Waals surface area contributed by atoms with Crippen LogP contribution in [0, 0.1) is 6.92 Å². The van der Waals surface area contributed by atoms with E-state index in [2.05, 4.69) is 71.3 Å². The fourth-order valence-corrected chi connectivity index (χ4v) is 5.07. The van der Waals surface area contributed by atoms with Crippen molar-refractivity contribution in [2.75, 3.05) is 43.6 Å². The summed E-state index contributed by atoms with van der Waals surface area (Å²) in [7, 11) is 2.11. The van der Waals surface area contributed by atoms with E-state index in [-0.39, 0.29) is 0 Å². The zero-order valence-electron chi connectivity index (χ0n) is 22.9. The highest BCUT2D eigenvalue weighted by atomic mass is 16.5. The first-order valence-electron chi connectivity index (χ1n) is 13.6. The molecule has 1 atom stereocenters. The average molecular weight is 515 g/mol. The van der Waals surface area contributed by atoms with Gasteiger partial charge in [0, 0.05) is 45.5 Å². The minimum Gasteiger partial charge on any atom is -0.380 e. The molecule has 5 rings (SSSR count). The third kappa shape index (κ3) is 5.79. The molecular weight excluding hydrogens is 476 g/mol. The Kier molecular flexibility index (Phi) is 8.14. The van der Waals surface area contributed by atoms with Crippen LogP contribution in [0.4, 0.5) is 17.6 Å². The van der Waals surface area contributed by atoms with E-state index in [1.54, 1.807) is 0 Å². The van der Waals surface area contributed by atoms with Crippen molar-refractivity contribution in [2.24, 2.45) is 0 Å². The molecule has 1 N–H and O–H groups in total. The van der Waals surface area contributed by atoms with Crippen molar-refractivity contribution >= 4 is 28.6 Å². The lowest BCUT2D eigenvalue weighted by Crippen LogP contribution is -2.35. The molecule has 9 heteroatoms. The van der Waals surface area contributed by atoms with Gasteiger partial charge in [0.2, 0.25) is 5.95 Å². The van der Waals surface area contributed by atoms with E-state index in [4.69, 9.17) is 19.8 Å². The number of hydrogen-bond acceptors (Lipinski definition) is 8. The van der Waals surface area contributed by atoms with Crippen molar-refractivity contribution < 1.29 is 4.74 Å². The number of nitrogens with one attached hydrogen (secondary N) is 1. The second kappa shape index (κ2) is 11.9. The van der Waals surface area contributed by atoms with Crippen LogP contribution in [0.25, 0.3) is 11.0 Å². The number of aryl methyl sites for hydroxylation is 2. The Morgan fingerprint density at radius 3 is 2.74 bits per heavy atom. The lowest BCUT2D eigenvalue weighted by Gasteiger charge is -2.25. The fraction of sp³-hybridized carbons (Fsp3) is 0.448. The molecule has 1 aliphatic heterocycles. The minimum atomic E-state index is 0.333. The predicted octanol–water partition coefficient (Wildman–Crippen LogP) is 4.58. The average Bonchev–Trinajstić information content (AvgIpc) is 3.54. The van der Waals surface area contributed by atoms with Crippen molar-refractivity contribution in [3.05, 3.63) is 65.5 Å². The smallest absolute Gasteiger partial charge is 0.228 e. The molecule has 200 valence electrons. The summed E-state index contributed by atoms with van der Waals surface area (Å²) < 4.78 is 7.61. The van der Waals surface area contributed by atoms with Crippen LogP contribution in [0.2, 0.25) is 0 Å². The van der Waals surface area contributed by atoms with Crippen LogP contribution in [0.3, 0.4) is 0 Å². The first kappa shape index (κ1) is 26.1. The zero-order chi connectivity index (χ0) is 26.5. The molecule has 1 fully saturated rings. The maximum Gasteiger partial charge on any atom is 0.228 e. The molecule has 4 heterocycles. The van der Waals surface area contributed by atoms with E-state index in [1.807, 2.05) is 29.9 Å². The second-order valence-corrected chi connectivity index (χ2v) is 9.91. The van der Waals surface area contributed by atoms with E-state index < -0.39 is 0 Å². The highest BCUT2D eigenvalue weighted by Crippen LogP contribution is 2.30. The van der Waals surface area contributed by atoms with E-state index >= 15 is 0 Å². The van der Waals surface area contributed by atoms with Gasteiger partial charge in [-0.05, 0) is 49.9 Å². The molecule has 1 saturated heterocycles. The Morgan fingerprint density at radius 2 is 1.97 bits per heavy atom. The molecule has 1 aliphatic rings. The lowest BCUT2D eigenvalue weighted by molar-refractivity contribution is 0.137. The van der Waals surface area contributed by atoms with Gasteiger partial charge in [0.15, 0.2) is 5.82 Å². The number of fused-ring (bicyclic) bond motifs is 1. The molecule has 9 nitrogen and oxygen atoms in total. The summed E-state index contributed by atoms with van der Waals surface area (Å²) in [5, 5.41) is 8.39. The summed E-state index contributed by atoms with van der Waals surface area (Å²) >= 11 is 0. The number of nitrogens with zero attached hydrogens (tertiary/aromatic N) is 7. The molecule has 0 aliphatic carbocycles. The molecule has 1 aromatic carbocycles. The summed E-state index contributed by atoms with van der Waals surface area (Å²) in [6, 6.07) is 15.0. The van der Waals surface area contributed by atoms with Crippen LogP contribution in [-0.2, 0) is 24.2 Å². The Balaban J connectivity index is 1.47. The topological polar surface area (TPSA) is 84.2 Å². The zero-order valence-corrected chi connectivity index (χ0v) is 22.9. The molecule has 0 spiro atoms. The Hall–Kier alpha value is -3.56. The Labute approximate surface area is 224 Å². The molecule has 0 bridgehead atoms. The Bertz CT molecular complexity index is 1360. The van der Waals surface area contributed by atoms with E-state index in [1.165, 1.54) is 5.56 Å². The number of aromatic nitrogens is 5. The van der Waals surface area contributed by atoms with Crippen LogP contribution < -0.4 is 10.2 Å². The van der Waals surface area contributed by atoms with Gasteiger partial charge >= 0.3 is 0 Å². The van der Waals surface area contributed by atoms with Crippen LogP contribution in [0.1, 0.15) is 37.1 Å². The van der Waals surface area contributed by atoms with E-state index in [0.717, 1.165) is 66.4 Å². The number of ether oxygens (including phenoxy) is 1. The first-order chi connectivity index (χ1) is 18.6. The van der Waals surface area contributed by atoms with E-state index in [9.17, 15) is 0 Å². The van der Waals surface area contributed by atoms with Gasteiger partial charge < -0.3 is 15.0 Å². The van der Waals surface area contributed by atoms with Crippen molar-refractivity contribution in [3.8, 4) is 0 Å². The van der Waals surface area contributed by atoms with Gasteiger partial charge in [-0.2, -0.15) is 10.1 Å². The maximum atomic E-state index is 5.64. The summed E-state index contributed by atoms with van der Waals surface area (Å²) in [6.07, 6.45) is 3.67. The first-order valence-corrected chi connectivity index (χ1v) is 13.6. The second-order valence-electron chi connectivity index (χ2n) is 9.91. The lowest BCUT2D eigenvalue weighted by atomic mass is 10.2. The third-order valence-electron chi connectivity index (χ3n) is 7.15. The van der Waals surface area contributed by atoms with Gasteiger partial charge in [-0.15, -0.1) is 0 Å². The molecule has 38 heavy (non-hydrogen) atoms. The molecule has 0 amide bonds. The standard InChI is InChI=1S/C29H38N8O/c1-5-24-26-27(37(34-24)16-17-38-6-2)28(31-25-18-21(3)12-14-30-25)33-29(32-26)35(4)23-13-15-36(20-23)19-22-10-8-7-9-11-22/h7-12,14,18,23H,5-6,13,15-17,19-20H2,1-4H3,(H,30,31,32,33). The number of rotatable bonds is 11. The molecule has 1 unspecified atom stereocenters. The van der Waals surface area contributed by atoms with E-state index in [0.29, 0.717) is 31.7 Å². The third-order valence-corrected chi connectivity index (χ3v) is 7.15. The number of anilines is 3. The number of benzene rings is 1. The summed E-state index contributed by atoms with van der Waals surface area (Å²) in [5.74, 6) is 2.18. The van der Waals surface area contributed by atoms with Crippen LogP contribution in [0.5, 0.6) is 0 Å². The maximum absolute atomic E-state index is 5.64. The van der Waals surface area contributed by atoms with Crippen LogP contribution >= 0.6 is 0 Å². The summed E-state index contributed by atoms with van der Waals surface area (Å²) in [6.45, 7) is 11.1. The SMILES string of the molecule is CCOCCn1nc(CC)c2nc(N(C)C3CCN(Cc4ccccc4)C3)nc(Nc3cc(C)ccn3)c21. The van der Waals surface area contributed by atoms with Gasteiger partial charge in [0.1, 0.15) is 16.9 Å². The van der Waals surface area contributed by atoms with Gasteiger partial charge in [0.05, 0.1) is 18.8 Å². The van der Waals surface area contributed by atoms with Crippen LogP contribution in [-0.4, -0.2) is 69.0 Å². The number of pyridine rings is 1. The minimum absolute atomic E-state index is 0.333. The van der Waals surface area contributed by atoms with Crippen molar-refractivity contribution in [1.82, 2.24) is 29.6 Å². The van der Waals surface area contributed by atoms with Crippen molar-refractivity contribution in [2.45, 2.75) is 52.7 Å². The number of likely N-dealkylation sites (tertiary alicyclic amines) is 1. The fourth-order valence-electron chi connectivity index (χ4n) is 5.07. The number of hydrogen-bond donors (Lipinski definition) is 1. The normalized spacial score (nSPS) is 15.8. The van der Waals surface area contributed by atoms with Gasteiger partial charge in [-0.3, -0.25) is 9.58 Å². The Morgan fingerprint density at radius 1 is 1.13 bits per heavy atom. The van der Waals surface area contributed by atoms with Gasteiger partial charge in [-0.1, -0.05) is 37.3 Å². The highest BCUT2D eigenvalue weighted by Gasteiger charge is 2.29. The molecule has 4 aromatic rings. The van der Waals surface area contributed by atoms with Crippen molar-refractivity contribution in [3.63, 3.8) is 0 Å². The summed E-state index contributed by atoms with van der Waals surface area (Å²) in [5.41, 5.74) is 5.21.